The molecule has 0 aromatic heterocycles. The SMILES string of the molecule is COc1cc(/C=N\NC(N)=S)cc(Cl)c1OCCOc1ccc(C2CCCCC2)cc1. The molecule has 6 nitrogen and oxygen atoms in total. The smallest absolute Gasteiger partial charge is 0.184 e. The number of nitrogens with zero attached hydrogens (tertiary/aromatic N) is 1. The summed E-state index contributed by atoms with van der Waals surface area (Å²) in [6, 6.07) is 11.9. The molecule has 0 unspecified atom stereocenters. The molecule has 0 bridgehead atoms. The summed E-state index contributed by atoms with van der Waals surface area (Å²) in [5.74, 6) is 2.48. The van der Waals surface area contributed by atoms with Gasteiger partial charge in [-0.3, -0.25) is 5.43 Å². The van der Waals surface area contributed by atoms with Gasteiger partial charge < -0.3 is 19.9 Å². The number of hydrazone groups is 1. The van der Waals surface area contributed by atoms with Crippen molar-refractivity contribution in [3.05, 3.63) is 52.5 Å². The summed E-state index contributed by atoms with van der Waals surface area (Å²) in [5, 5.41) is 4.41. The maximum Gasteiger partial charge on any atom is 0.184 e. The number of nitrogens with two attached hydrogens (primary N) is 1. The van der Waals surface area contributed by atoms with Gasteiger partial charge in [-0.05, 0) is 66.4 Å². The fraction of sp³-hybridized carbons (Fsp3) is 0.391. The molecule has 2 aromatic rings. The normalized spacial score (nSPS) is 14.4. The number of hydrogen-bond acceptors (Lipinski definition) is 5. The van der Waals surface area contributed by atoms with E-state index in [9.17, 15) is 0 Å². The van der Waals surface area contributed by atoms with Gasteiger partial charge >= 0.3 is 0 Å². The third-order valence-corrected chi connectivity index (χ3v) is 5.57. The van der Waals surface area contributed by atoms with Crippen LogP contribution in [-0.2, 0) is 0 Å². The second-order valence-corrected chi connectivity index (χ2v) is 8.22. The van der Waals surface area contributed by atoms with Crippen LogP contribution in [0, 0.1) is 0 Å². The Labute approximate surface area is 193 Å². The largest absolute Gasteiger partial charge is 0.493 e. The van der Waals surface area contributed by atoms with Crippen LogP contribution in [0.5, 0.6) is 17.2 Å². The van der Waals surface area contributed by atoms with Gasteiger partial charge in [0.15, 0.2) is 16.6 Å². The predicted molar refractivity (Wildman–Crippen MR) is 129 cm³/mol. The molecule has 3 rings (SSSR count). The Morgan fingerprint density at radius 1 is 1.16 bits per heavy atom. The van der Waals surface area contributed by atoms with E-state index in [1.807, 2.05) is 12.1 Å². The van der Waals surface area contributed by atoms with Crippen molar-refractivity contribution >= 4 is 35.1 Å². The minimum absolute atomic E-state index is 0.0814. The Hall–Kier alpha value is -2.51. The third kappa shape index (κ3) is 7.01. The molecule has 31 heavy (non-hydrogen) atoms. The van der Waals surface area contributed by atoms with Crippen LogP contribution in [0.4, 0.5) is 0 Å². The first kappa shape index (κ1) is 23.2. The molecule has 0 amide bonds. The second-order valence-electron chi connectivity index (χ2n) is 7.37. The van der Waals surface area contributed by atoms with E-state index in [4.69, 9.17) is 43.8 Å². The van der Waals surface area contributed by atoms with Crippen molar-refractivity contribution in [1.29, 1.82) is 0 Å². The number of nitrogens with one attached hydrogen (secondary N) is 1. The maximum absolute atomic E-state index is 6.36. The third-order valence-electron chi connectivity index (χ3n) is 5.20. The minimum Gasteiger partial charge on any atom is -0.493 e. The Balaban J connectivity index is 1.51. The molecule has 1 fully saturated rings. The van der Waals surface area contributed by atoms with E-state index in [1.54, 1.807) is 19.2 Å². The monoisotopic (exact) mass is 461 g/mol. The van der Waals surface area contributed by atoms with E-state index in [0.717, 1.165) is 5.75 Å². The lowest BCUT2D eigenvalue weighted by atomic mass is 9.84. The van der Waals surface area contributed by atoms with E-state index >= 15 is 0 Å². The van der Waals surface area contributed by atoms with Crippen LogP contribution < -0.4 is 25.4 Å². The summed E-state index contributed by atoms with van der Waals surface area (Å²) in [6.07, 6.45) is 8.15. The van der Waals surface area contributed by atoms with Crippen LogP contribution in [0.15, 0.2) is 41.5 Å². The molecular weight excluding hydrogens is 434 g/mol. The van der Waals surface area contributed by atoms with Crippen LogP contribution >= 0.6 is 23.8 Å². The topological polar surface area (TPSA) is 78.1 Å². The van der Waals surface area contributed by atoms with Crippen LogP contribution in [0.3, 0.4) is 0 Å². The molecule has 8 heteroatoms. The molecule has 166 valence electrons. The zero-order valence-corrected chi connectivity index (χ0v) is 19.2. The molecule has 1 saturated carbocycles. The highest BCUT2D eigenvalue weighted by Gasteiger charge is 2.15. The lowest BCUT2D eigenvalue weighted by Crippen LogP contribution is -2.23. The zero-order valence-electron chi connectivity index (χ0n) is 17.6. The first-order valence-electron chi connectivity index (χ1n) is 10.4. The molecule has 3 N–H and O–H groups in total. The summed E-state index contributed by atoms with van der Waals surface area (Å²) in [4.78, 5) is 0. The molecule has 1 aliphatic carbocycles. The number of rotatable bonds is 9. The van der Waals surface area contributed by atoms with Crippen molar-refractivity contribution in [2.24, 2.45) is 10.8 Å². The van der Waals surface area contributed by atoms with Crippen LogP contribution in [0.2, 0.25) is 5.02 Å². The molecule has 0 radical (unpaired) electrons. The van der Waals surface area contributed by atoms with E-state index in [-0.39, 0.29) is 5.11 Å². The predicted octanol–water partition coefficient (Wildman–Crippen LogP) is 5.02. The van der Waals surface area contributed by atoms with E-state index in [2.05, 4.69) is 22.7 Å². The number of methoxy groups -OCH3 is 1. The number of hydrogen-bond donors (Lipinski definition) is 2. The van der Waals surface area contributed by atoms with Gasteiger partial charge in [0.2, 0.25) is 0 Å². The summed E-state index contributed by atoms with van der Waals surface area (Å²) >= 11 is 11.1. The second kappa shape index (κ2) is 11.8. The fourth-order valence-electron chi connectivity index (χ4n) is 3.70. The molecule has 0 heterocycles. The van der Waals surface area contributed by atoms with Gasteiger partial charge in [0.1, 0.15) is 19.0 Å². The molecular formula is C23H28ClN3O3S. The van der Waals surface area contributed by atoms with Gasteiger partial charge in [-0.25, -0.2) is 0 Å². The van der Waals surface area contributed by atoms with Crippen LogP contribution in [0.25, 0.3) is 0 Å². The number of thiocarbonyl (C=S) groups is 1. The summed E-state index contributed by atoms with van der Waals surface area (Å²) in [5.41, 5.74) is 9.96. The maximum atomic E-state index is 6.36. The van der Waals surface area contributed by atoms with Crippen molar-refractivity contribution in [1.82, 2.24) is 5.43 Å². The molecule has 0 atom stereocenters. The van der Waals surface area contributed by atoms with Gasteiger partial charge in [-0.1, -0.05) is 43.0 Å². The van der Waals surface area contributed by atoms with Crippen molar-refractivity contribution in [2.75, 3.05) is 20.3 Å². The first-order chi connectivity index (χ1) is 15.1. The van der Waals surface area contributed by atoms with Gasteiger partial charge in [0.05, 0.1) is 18.3 Å². The summed E-state index contributed by atoms with van der Waals surface area (Å²) in [7, 11) is 1.55. The quantitative estimate of drug-likeness (QED) is 0.236. The summed E-state index contributed by atoms with van der Waals surface area (Å²) < 4.78 is 17.0. The zero-order chi connectivity index (χ0) is 22.1. The number of ether oxygens (including phenoxy) is 3. The van der Waals surface area contributed by atoms with Gasteiger partial charge in [-0.2, -0.15) is 5.10 Å². The Morgan fingerprint density at radius 3 is 2.55 bits per heavy atom. The van der Waals surface area contributed by atoms with E-state index in [0.29, 0.717) is 41.2 Å². The fourth-order valence-corrected chi connectivity index (χ4v) is 4.03. The molecule has 1 aliphatic rings. The van der Waals surface area contributed by atoms with Crippen LogP contribution in [-0.4, -0.2) is 31.7 Å². The highest BCUT2D eigenvalue weighted by molar-refractivity contribution is 7.80. The van der Waals surface area contributed by atoms with Crippen molar-refractivity contribution < 1.29 is 14.2 Å². The molecule has 0 spiro atoms. The Morgan fingerprint density at radius 2 is 1.87 bits per heavy atom. The van der Waals surface area contributed by atoms with E-state index in [1.165, 1.54) is 43.9 Å². The highest BCUT2D eigenvalue weighted by atomic mass is 35.5. The highest BCUT2D eigenvalue weighted by Crippen LogP contribution is 2.36. The van der Waals surface area contributed by atoms with Gasteiger partial charge in [0.25, 0.3) is 0 Å². The number of halogens is 1. The number of benzene rings is 2. The average molecular weight is 462 g/mol. The van der Waals surface area contributed by atoms with Crippen molar-refractivity contribution in [2.45, 2.75) is 38.0 Å². The molecule has 0 aliphatic heterocycles. The van der Waals surface area contributed by atoms with Gasteiger partial charge in [-0.15, -0.1) is 0 Å². The van der Waals surface area contributed by atoms with Gasteiger partial charge in [0, 0.05) is 0 Å². The summed E-state index contributed by atoms with van der Waals surface area (Å²) in [6.45, 7) is 0.722. The minimum atomic E-state index is 0.0814. The average Bonchev–Trinajstić information content (AvgIpc) is 2.78. The van der Waals surface area contributed by atoms with Crippen molar-refractivity contribution in [3.63, 3.8) is 0 Å². The Kier molecular flexibility index (Phi) is 8.79. The van der Waals surface area contributed by atoms with Crippen molar-refractivity contribution in [3.8, 4) is 17.2 Å². The van der Waals surface area contributed by atoms with Crippen LogP contribution in [0.1, 0.15) is 49.1 Å². The Bertz CT molecular complexity index is 900. The lowest BCUT2D eigenvalue weighted by molar-refractivity contribution is 0.211. The first-order valence-corrected chi connectivity index (χ1v) is 11.2. The molecule has 0 saturated heterocycles. The molecule has 2 aromatic carbocycles. The van der Waals surface area contributed by atoms with E-state index < -0.39 is 0 Å². The lowest BCUT2D eigenvalue weighted by Gasteiger charge is -2.22. The standard InChI is InChI=1S/C23H28ClN3O3S/c1-28-21-14-16(15-26-27-23(25)31)13-20(24)22(21)30-12-11-29-19-9-7-18(8-10-19)17-5-3-2-4-6-17/h7-10,13-15,17H,2-6,11-12H2,1H3,(H3,25,27,31)/b26-15-.